The number of hydrogen-bond acceptors (Lipinski definition) is 9. The van der Waals surface area contributed by atoms with Gasteiger partial charge >= 0.3 is 5.97 Å². The molecule has 5 aliphatic heterocycles. The maximum Gasteiger partial charge on any atom is 0.306 e. The zero-order chi connectivity index (χ0) is 28.7. The molecule has 9 aliphatic rings. The highest BCUT2D eigenvalue weighted by atomic mass is 35.5. The number of rotatable bonds is 1. The number of hydrogen-bond donors (Lipinski definition) is 9. The summed E-state index contributed by atoms with van der Waals surface area (Å²) < 4.78 is 0. The smallest absolute Gasteiger partial charge is 0.306 e. The molecule has 0 aromatic heterocycles. The topological polar surface area (TPSA) is 134 Å². The van der Waals surface area contributed by atoms with E-state index in [1.165, 1.54) is 77.0 Å². The van der Waals surface area contributed by atoms with Crippen LogP contribution in [-0.4, -0.2) is 60.4 Å². The van der Waals surface area contributed by atoms with Crippen LogP contribution in [0.1, 0.15) is 96.3 Å². The Balaban J connectivity index is 0.00000163. The molecule has 4 saturated carbocycles. The molecule has 17 atom stereocenters. The molecule has 0 aromatic rings. The highest BCUT2D eigenvalue weighted by Gasteiger charge is 2.56. The molecule has 0 spiro atoms. The van der Waals surface area contributed by atoms with Gasteiger partial charge in [0.05, 0.1) is 55.2 Å². The number of carbonyl (C=O) groups is 1. The predicted octanol–water partition coefficient (Wildman–Crippen LogP) is 5.29. The maximum absolute atomic E-state index is 12.6. The Morgan fingerprint density at radius 2 is 0.569 bits per heavy atom. The zero-order valence-corrected chi connectivity index (χ0v) is 35.6. The summed E-state index contributed by atoms with van der Waals surface area (Å²) in [5.74, 6) is 3.36. The van der Waals surface area contributed by atoms with E-state index in [9.17, 15) is 9.90 Å². The van der Waals surface area contributed by atoms with E-state index in [4.69, 9.17) is 0 Å². The minimum absolute atomic E-state index is 0. The van der Waals surface area contributed by atoms with Gasteiger partial charge in [-0.15, -0.1) is 99.3 Å². The molecular formula is C33H64Cl8N8O2. The van der Waals surface area contributed by atoms with Gasteiger partial charge in [-0.25, -0.2) is 0 Å². The van der Waals surface area contributed by atoms with Gasteiger partial charge in [-0.2, -0.15) is 0 Å². The second-order valence-corrected chi connectivity index (χ2v) is 16.1. The number of fused-ring (bicyclic) bond motifs is 20. The molecule has 8 bridgehead atoms. The summed E-state index contributed by atoms with van der Waals surface area (Å²) in [5, 5.41) is 43.3. The SMILES string of the molecule is Cl.Cl.Cl.Cl.Cl.Cl.Cl.Cl.O=C(O)C1CCCC2C3NC4NC(NC5NC(NC6NC(NC(N3)C12)C1CCCCC61)C1CCCCC51)C1CCCCC41. The van der Waals surface area contributed by atoms with E-state index in [-0.39, 0.29) is 136 Å². The molecule has 10 nitrogen and oxygen atoms in total. The van der Waals surface area contributed by atoms with Crippen LogP contribution in [-0.2, 0) is 4.79 Å². The third-order valence-corrected chi connectivity index (χ3v) is 14.2. The minimum Gasteiger partial charge on any atom is -0.481 e. The number of halogens is 8. The van der Waals surface area contributed by atoms with E-state index < -0.39 is 5.97 Å². The Labute approximate surface area is 354 Å². The molecule has 9 fully saturated rings. The van der Waals surface area contributed by atoms with Crippen LogP contribution in [0.3, 0.4) is 0 Å². The predicted molar refractivity (Wildman–Crippen MR) is 222 cm³/mol. The van der Waals surface area contributed by atoms with Crippen molar-refractivity contribution in [2.75, 3.05) is 0 Å². The molecule has 18 heteroatoms. The van der Waals surface area contributed by atoms with Crippen LogP contribution in [0.15, 0.2) is 0 Å². The van der Waals surface area contributed by atoms with E-state index in [0.29, 0.717) is 66.1 Å². The lowest BCUT2D eigenvalue weighted by molar-refractivity contribution is -0.146. The van der Waals surface area contributed by atoms with Crippen molar-refractivity contribution in [1.29, 1.82) is 0 Å². The average Bonchev–Trinajstić information content (AvgIpc) is 3.76. The fraction of sp³-hybridized carbons (Fsp3) is 0.970. The Morgan fingerprint density at radius 3 is 0.843 bits per heavy atom. The summed E-state index contributed by atoms with van der Waals surface area (Å²) in [6.45, 7) is 0. The Morgan fingerprint density at radius 1 is 0.333 bits per heavy atom. The van der Waals surface area contributed by atoms with E-state index in [2.05, 4.69) is 42.5 Å². The van der Waals surface area contributed by atoms with Gasteiger partial charge in [0.25, 0.3) is 0 Å². The van der Waals surface area contributed by atoms with Gasteiger partial charge in [0.1, 0.15) is 0 Å². The van der Waals surface area contributed by atoms with E-state index in [1.54, 1.807) is 0 Å². The van der Waals surface area contributed by atoms with Crippen LogP contribution < -0.4 is 42.5 Å². The van der Waals surface area contributed by atoms with E-state index in [0.717, 1.165) is 19.3 Å². The molecule has 304 valence electrons. The molecule has 4 aliphatic carbocycles. The third kappa shape index (κ3) is 9.29. The molecular weight excluding hydrogens is 824 g/mol. The molecule has 0 radical (unpaired) electrons. The van der Waals surface area contributed by atoms with Gasteiger partial charge in [0, 0.05) is 5.92 Å². The summed E-state index contributed by atoms with van der Waals surface area (Å²) >= 11 is 0. The molecule has 5 saturated heterocycles. The molecule has 51 heavy (non-hydrogen) atoms. The molecule has 9 N–H and O–H groups in total. The van der Waals surface area contributed by atoms with E-state index >= 15 is 0 Å². The third-order valence-electron chi connectivity index (χ3n) is 14.2. The minimum atomic E-state index is -0.607. The molecule has 0 aromatic carbocycles. The van der Waals surface area contributed by atoms with Crippen molar-refractivity contribution in [2.24, 2.45) is 53.3 Å². The van der Waals surface area contributed by atoms with Crippen LogP contribution >= 0.6 is 99.3 Å². The zero-order valence-electron chi connectivity index (χ0n) is 29.0. The molecule has 5 heterocycles. The van der Waals surface area contributed by atoms with Gasteiger partial charge in [0.15, 0.2) is 0 Å². The molecule has 9 rings (SSSR count). The molecule has 0 amide bonds. The largest absolute Gasteiger partial charge is 0.481 e. The van der Waals surface area contributed by atoms with Crippen molar-refractivity contribution in [2.45, 2.75) is 146 Å². The lowest BCUT2D eigenvalue weighted by Gasteiger charge is -2.37. The first-order valence-corrected chi connectivity index (χ1v) is 18.4. The lowest BCUT2D eigenvalue weighted by Crippen LogP contribution is -2.62. The van der Waals surface area contributed by atoms with E-state index in [1.807, 2.05) is 0 Å². The summed E-state index contributed by atoms with van der Waals surface area (Å²) in [6.07, 6.45) is 20.5. The van der Waals surface area contributed by atoms with Gasteiger partial charge < -0.3 is 5.11 Å². The fourth-order valence-electron chi connectivity index (χ4n) is 12.3. The summed E-state index contributed by atoms with van der Waals surface area (Å²) in [5.41, 5.74) is 0. The van der Waals surface area contributed by atoms with Crippen molar-refractivity contribution in [3.63, 3.8) is 0 Å². The lowest BCUT2D eigenvalue weighted by atomic mass is 9.71. The van der Waals surface area contributed by atoms with Crippen LogP contribution in [0.5, 0.6) is 0 Å². The average molecular weight is 889 g/mol. The second-order valence-electron chi connectivity index (χ2n) is 16.1. The Hall–Kier alpha value is 1.47. The van der Waals surface area contributed by atoms with Crippen molar-refractivity contribution >= 4 is 105 Å². The quantitative estimate of drug-likeness (QED) is 0.171. The normalized spacial score (nSPS) is 47.3. The van der Waals surface area contributed by atoms with Crippen molar-refractivity contribution in [1.82, 2.24) is 42.5 Å². The number of carboxylic acids is 1. The van der Waals surface area contributed by atoms with Crippen molar-refractivity contribution in [3.05, 3.63) is 0 Å². The van der Waals surface area contributed by atoms with Crippen molar-refractivity contribution in [3.8, 4) is 0 Å². The first-order chi connectivity index (χ1) is 21.1. The van der Waals surface area contributed by atoms with Crippen LogP contribution in [0.4, 0.5) is 0 Å². The summed E-state index contributed by atoms with van der Waals surface area (Å²) in [4.78, 5) is 12.6. The Kier molecular flexibility index (Phi) is 21.1. The van der Waals surface area contributed by atoms with Crippen LogP contribution in [0.2, 0.25) is 0 Å². The standard InChI is InChI=1S/C33H56N8O2.8ClH/c42-33(43)23-15-7-14-22-24(23)32-40-30-21-13-6-5-12-20(21)28(38-30)36-26-17-9-2-1-8-16(17)25(34-26)35-27-18-10-3-4-11-19(18)29(37-27)39-31(22)41-32;;;;;;;;/h16-32,34-41H,1-15H2,(H,42,43);8*1H. The van der Waals surface area contributed by atoms with Crippen LogP contribution in [0.25, 0.3) is 0 Å². The highest BCUT2D eigenvalue weighted by Crippen LogP contribution is 2.46. The maximum atomic E-state index is 12.6. The fourth-order valence-corrected chi connectivity index (χ4v) is 12.3. The number of nitrogens with one attached hydrogen (secondary N) is 8. The van der Waals surface area contributed by atoms with Gasteiger partial charge in [-0.05, 0) is 92.8 Å². The monoisotopic (exact) mass is 884 g/mol. The number of carboxylic acid groups (broad SMARTS) is 1. The summed E-state index contributed by atoms with van der Waals surface area (Å²) in [7, 11) is 0. The Bertz CT molecular complexity index is 1080. The second kappa shape index (κ2) is 21.3. The first kappa shape index (κ1) is 50.5. The number of aliphatic carboxylic acids is 1. The molecule has 17 unspecified atom stereocenters. The van der Waals surface area contributed by atoms with Crippen LogP contribution in [0, 0.1) is 53.3 Å². The summed E-state index contributed by atoms with van der Waals surface area (Å²) in [6, 6.07) is 0. The van der Waals surface area contributed by atoms with Gasteiger partial charge in [-0.3, -0.25) is 47.3 Å². The van der Waals surface area contributed by atoms with Crippen molar-refractivity contribution < 1.29 is 9.90 Å². The highest BCUT2D eigenvalue weighted by molar-refractivity contribution is 5.86. The van der Waals surface area contributed by atoms with Gasteiger partial charge in [0.2, 0.25) is 0 Å². The van der Waals surface area contributed by atoms with Gasteiger partial charge in [-0.1, -0.05) is 44.9 Å². The first-order valence-electron chi connectivity index (χ1n) is 18.4.